The molecule has 4 heterocycles. The summed E-state index contributed by atoms with van der Waals surface area (Å²) in [6.07, 6.45) is 0.207. The normalized spacial score (nSPS) is 20.7. The molecule has 8 nitrogen and oxygen atoms in total. The molecule has 0 saturated carbocycles. The number of rotatable bonds is 4. The van der Waals surface area contributed by atoms with Gasteiger partial charge in [-0.25, -0.2) is 9.97 Å². The molecule has 1 unspecified atom stereocenters. The molecule has 33 heavy (non-hydrogen) atoms. The maximum Gasteiger partial charge on any atom is 0.419 e. The number of alkyl halides is 3. The number of carbonyl (C=O) groups excluding carboxylic acids is 1. The summed E-state index contributed by atoms with van der Waals surface area (Å²) in [7, 11) is 0. The van der Waals surface area contributed by atoms with E-state index in [1.54, 1.807) is 0 Å². The van der Waals surface area contributed by atoms with E-state index in [1.165, 1.54) is 11.1 Å². The molecular weight excluding hydrogens is 435 g/mol. The molecule has 2 aromatic heterocycles. The number of fused-ring (bicyclic) bond motifs is 1. The molecule has 0 bridgehead atoms. The van der Waals surface area contributed by atoms with Crippen LogP contribution in [0.4, 0.5) is 19.1 Å². The van der Waals surface area contributed by atoms with Gasteiger partial charge in [-0.1, -0.05) is 0 Å². The number of amides is 1. The molecule has 1 saturated heterocycles. The van der Waals surface area contributed by atoms with Crippen LogP contribution in [0.3, 0.4) is 0 Å². The first kappa shape index (κ1) is 23.0. The van der Waals surface area contributed by atoms with E-state index >= 15 is 0 Å². The van der Waals surface area contributed by atoms with Gasteiger partial charge in [0, 0.05) is 42.6 Å². The summed E-state index contributed by atoms with van der Waals surface area (Å²) in [5.41, 5.74) is -0.280. The molecule has 0 radical (unpaired) electrons. The second-order valence-electron chi connectivity index (χ2n) is 9.14. The van der Waals surface area contributed by atoms with Crippen molar-refractivity contribution in [3.05, 3.63) is 29.2 Å². The predicted molar refractivity (Wildman–Crippen MR) is 115 cm³/mol. The Morgan fingerprint density at radius 1 is 1.39 bits per heavy atom. The van der Waals surface area contributed by atoms with Gasteiger partial charge in [0.05, 0.1) is 11.8 Å². The first-order chi connectivity index (χ1) is 15.6. The number of anilines is 1. The third-order valence-electron chi connectivity index (χ3n) is 6.23. The summed E-state index contributed by atoms with van der Waals surface area (Å²) in [4.78, 5) is 25.2. The Balaban J connectivity index is 1.70. The maximum absolute atomic E-state index is 13.8. The Morgan fingerprint density at radius 2 is 2.18 bits per heavy atom. The van der Waals surface area contributed by atoms with E-state index in [9.17, 15) is 18.0 Å². The fourth-order valence-electron chi connectivity index (χ4n) is 4.35. The Labute approximate surface area is 189 Å². The third kappa shape index (κ3) is 4.80. The van der Waals surface area contributed by atoms with Gasteiger partial charge < -0.3 is 20.5 Å². The summed E-state index contributed by atoms with van der Waals surface area (Å²) >= 11 is 0. The second kappa shape index (κ2) is 8.67. The number of aromatic amines is 1. The fourth-order valence-corrected chi connectivity index (χ4v) is 4.35. The number of aromatic nitrogens is 3. The van der Waals surface area contributed by atoms with Crippen LogP contribution in [0.2, 0.25) is 0 Å². The highest BCUT2D eigenvalue weighted by Crippen LogP contribution is 2.39. The molecule has 2 aliphatic rings. The Hall–Kier alpha value is -3.13. The van der Waals surface area contributed by atoms with E-state index in [0.717, 1.165) is 19.0 Å². The van der Waals surface area contributed by atoms with Crippen molar-refractivity contribution >= 4 is 11.9 Å². The van der Waals surface area contributed by atoms with Crippen LogP contribution in [-0.4, -0.2) is 57.0 Å². The zero-order valence-electron chi connectivity index (χ0n) is 18.5. The molecule has 0 spiro atoms. The van der Waals surface area contributed by atoms with Gasteiger partial charge >= 0.3 is 6.18 Å². The Kier molecular flexibility index (Phi) is 6.05. The molecular formula is C22H26F3N7O. The average Bonchev–Trinajstić information content (AvgIpc) is 3.10. The van der Waals surface area contributed by atoms with Crippen LogP contribution in [-0.2, 0) is 12.6 Å². The topological polar surface area (TPSA) is 110 Å². The number of hydrogen-bond donors (Lipinski definition) is 3. The molecule has 0 aliphatic carbocycles. The summed E-state index contributed by atoms with van der Waals surface area (Å²) in [5, 5.41) is 15.5. The second-order valence-corrected chi connectivity index (χ2v) is 9.14. The number of piperidine rings is 1. The van der Waals surface area contributed by atoms with Crippen LogP contribution in [0, 0.1) is 11.3 Å². The van der Waals surface area contributed by atoms with Gasteiger partial charge in [-0.3, -0.25) is 4.79 Å². The number of halogens is 3. The molecule has 4 rings (SSSR count). The summed E-state index contributed by atoms with van der Waals surface area (Å²) in [5.74, 6) is -0.280. The highest BCUT2D eigenvalue weighted by molar-refractivity contribution is 5.96. The lowest BCUT2D eigenvalue weighted by atomic mass is 9.91. The zero-order valence-corrected chi connectivity index (χ0v) is 18.5. The SMILES string of the molecule is CC1(C)CCC(Nc2ncc(C(F)(F)F)c(-c3c[nH]c4c3CCCN(CC#N)C4=O)n2)CN1. The largest absolute Gasteiger partial charge is 0.419 e. The van der Waals surface area contributed by atoms with E-state index in [2.05, 4.69) is 39.4 Å². The van der Waals surface area contributed by atoms with E-state index in [4.69, 9.17) is 5.26 Å². The van der Waals surface area contributed by atoms with Crippen molar-refractivity contribution in [2.45, 2.75) is 57.3 Å². The molecule has 1 amide bonds. The molecule has 176 valence electrons. The number of hydrogen-bond acceptors (Lipinski definition) is 6. The summed E-state index contributed by atoms with van der Waals surface area (Å²) < 4.78 is 41.5. The minimum absolute atomic E-state index is 0.00734. The van der Waals surface area contributed by atoms with Gasteiger partial charge in [-0.05, 0) is 45.1 Å². The Bertz CT molecular complexity index is 1080. The van der Waals surface area contributed by atoms with Crippen molar-refractivity contribution in [1.29, 1.82) is 5.26 Å². The van der Waals surface area contributed by atoms with Crippen molar-refractivity contribution in [2.24, 2.45) is 0 Å². The summed E-state index contributed by atoms with van der Waals surface area (Å²) in [6.45, 7) is 5.14. The van der Waals surface area contributed by atoms with Gasteiger partial charge in [0.2, 0.25) is 5.95 Å². The molecule has 2 aromatic rings. The van der Waals surface area contributed by atoms with Gasteiger partial charge in [0.25, 0.3) is 5.91 Å². The molecule has 1 fully saturated rings. The van der Waals surface area contributed by atoms with E-state index in [-0.39, 0.29) is 41.0 Å². The van der Waals surface area contributed by atoms with Gasteiger partial charge in [0.15, 0.2) is 0 Å². The number of nitriles is 1. The lowest BCUT2D eigenvalue weighted by Crippen LogP contribution is -2.50. The first-order valence-electron chi connectivity index (χ1n) is 10.9. The number of H-pyrrole nitrogens is 1. The fraction of sp³-hybridized carbons (Fsp3) is 0.545. The van der Waals surface area contributed by atoms with Gasteiger partial charge in [-0.2, -0.15) is 18.4 Å². The van der Waals surface area contributed by atoms with Crippen molar-refractivity contribution in [1.82, 2.24) is 25.2 Å². The first-order valence-corrected chi connectivity index (χ1v) is 10.9. The molecule has 2 aliphatic heterocycles. The van der Waals surface area contributed by atoms with Crippen molar-refractivity contribution in [3.8, 4) is 17.3 Å². The van der Waals surface area contributed by atoms with Crippen LogP contribution in [0.1, 0.15) is 54.7 Å². The monoisotopic (exact) mass is 461 g/mol. The molecule has 0 aromatic carbocycles. The zero-order chi connectivity index (χ0) is 23.8. The smallest absolute Gasteiger partial charge is 0.356 e. The van der Waals surface area contributed by atoms with Crippen LogP contribution in [0.5, 0.6) is 0 Å². The van der Waals surface area contributed by atoms with Gasteiger partial charge in [0.1, 0.15) is 17.8 Å². The minimum atomic E-state index is -4.66. The van der Waals surface area contributed by atoms with Gasteiger partial charge in [-0.15, -0.1) is 0 Å². The minimum Gasteiger partial charge on any atom is -0.356 e. The third-order valence-corrected chi connectivity index (χ3v) is 6.23. The van der Waals surface area contributed by atoms with Crippen molar-refractivity contribution in [3.63, 3.8) is 0 Å². The number of nitrogens with one attached hydrogen (secondary N) is 3. The van der Waals surface area contributed by atoms with Crippen LogP contribution < -0.4 is 10.6 Å². The quantitative estimate of drug-likeness (QED) is 0.603. The highest BCUT2D eigenvalue weighted by Gasteiger charge is 2.37. The van der Waals surface area contributed by atoms with E-state index < -0.39 is 17.6 Å². The van der Waals surface area contributed by atoms with E-state index in [1.807, 2.05) is 6.07 Å². The van der Waals surface area contributed by atoms with Crippen LogP contribution in [0.15, 0.2) is 12.4 Å². The summed E-state index contributed by atoms with van der Waals surface area (Å²) in [6, 6.07) is 1.95. The number of nitrogens with zero attached hydrogens (tertiary/aromatic N) is 4. The van der Waals surface area contributed by atoms with E-state index in [0.29, 0.717) is 31.5 Å². The van der Waals surface area contributed by atoms with Crippen molar-refractivity contribution in [2.75, 3.05) is 25.0 Å². The average molecular weight is 461 g/mol. The number of carbonyl (C=O) groups is 1. The van der Waals surface area contributed by atoms with Crippen molar-refractivity contribution < 1.29 is 18.0 Å². The standard InChI is InChI=1S/C22H26F3N7O/c1-21(2)6-5-13(10-29-21)30-20-28-12-16(22(23,24)25)17(31-20)15-11-27-18-14(15)4-3-8-32(9-7-26)19(18)33/h11-13,27,29H,3-6,8-10H2,1-2H3,(H,28,30,31). The Morgan fingerprint density at radius 3 is 2.85 bits per heavy atom. The lowest BCUT2D eigenvalue weighted by Gasteiger charge is -2.36. The molecule has 3 N–H and O–H groups in total. The molecule has 1 atom stereocenters. The molecule has 11 heteroatoms. The van der Waals surface area contributed by atoms with Crippen LogP contribution in [0.25, 0.3) is 11.3 Å². The lowest BCUT2D eigenvalue weighted by molar-refractivity contribution is -0.137. The predicted octanol–water partition coefficient (Wildman–Crippen LogP) is 3.34. The highest BCUT2D eigenvalue weighted by atomic mass is 19.4. The van der Waals surface area contributed by atoms with Crippen LogP contribution >= 0.6 is 0 Å². The maximum atomic E-state index is 13.8.